The van der Waals surface area contributed by atoms with Crippen LogP contribution in [0.3, 0.4) is 0 Å². The van der Waals surface area contributed by atoms with Crippen molar-refractivity contribution in [1.29, 1.82) is 0 Å². The zero-order valence-corrected chi connectivity index (χ0v) is 20.6. The minimum atomic E-state index is 0.0923. The minimum Gasteiger partial charge on any atom is -0.376 e. The Labute approximate surface area is 204 Å². The van der Waals surface area contributed by atoms with Crippen LogP contribution in [0, 0.1) is 0 Å². The number of carbonyl (C=O) groups excluding carboxylic acids is 1. The molecule has 0 aliphatic heterocycles. The summed E-state index contributed by atoms with van der Waals surface area (Å²) < 4.78 is 0. The molecule has 0 saturated carbocycles. The van der Waals surface area contributed by atoms with E-state index < -0.39 is 0 Å². The summed E-state index contributed by atoms with van der Waals surface area (Å²) in [4.78, 5) is 14.5. The molecule has 3 aromatic rings. The van der Waals surface area contributed by atoms with E-state index in [1.807, 2.05) is 30.3 Å². The normalized spacial score (nSPS) is 10.8. The summed E-state index contributed by atoms with van der Waals surface area (Å²) in [5.41, 5.74) is 11.9. The molecule has 32 heavy (non-hydrogen) atoms. The van der Waals surface area contributed by atoms with E-state index in [1.54, 1.807) is 0 Å². The molecule has 0 heterocycles. The number of nitrogens with zero attached hydrogens (tertiary/aromatic N) is 1. The number of anilines is 1. The van der Waals surface area contributed by atoms with Crippen molar-refractivity contribution in [2.24, 2.45) is 5.73 Å². The molecule has 0 fully saturated rings. The van der Waals surface area contributed by atoms with Crippen molar-refractivity contribution >= 4 is 44.7 Å². The number of alkyl halides is 1. The second-order valence-electron chi connectivity index (χ2n) is 7.64. The molecule has 0 atom stereocenters. The van der Waals surface area contributed by atoms with Gasteiger partial charge < -0.3 is 11.1 Å². The van der Waals surface area contributed by atoms with Crippen LogP contribution >= 0.6 is 28.1 Å². The molecule has 0 bridgehead atoms. The Morgan fingerprint density at radius 1 is 1.00 bits per heavy atom. The summed E-state index contributed by atoms with van der Waals surface area (Å²) in [7, 11) is 0. The fourth-order valence-corrected chi connectivity index (χ4v) is 4.03. The summed E-state index contributed by atoms with van der Waals surface area (Å²) >= 11 is 8.14. The van der Waals surface area contributed by atoms with Crippen molar-refractivity contribution in [1.82, 2.24) is 4.90 Å². The average Bonchev–Trinajstić information content (AvgIpc) is 2.82. The van der Waals surface area contributed by atoms with Crippen molar-refractivity contribution in [3.05, 3.63) is 89.5 Å². The molecule has 3 rings (SSSR count). The molecule has 0 radical (unpaired) electrons. The third-order valence-corrected chi connectivity index (χ3v) is 5.97. The van der Waals surface area contributed by atoms with Crippen molar-refractivity contribution in [2.75, 3.05) is 23.7 Å². The lowest BCUT2D eigenvalue weighted by Gasteiger charge is -2.21. The van der Waals surface area contributed by atoms with Crippen LogP contribution in [0.25, 0.3) is 11.1 Å². The summed E-state index contributed by atoms with van der Waals surface area (Å²) in [5, 5.41) is 3.56. The number of benzene rings is 3. The maximum atomic E-state index is 12.0. The minimum absolute atomic E-state index is 0.0923. The third kappa shape index (κ3) is 6.99. The number of halogens is 1. The smallest absolute Gasteiger partial charge is 0.173 e. The van der Waals surface area contributed by atoms with Gasteiger partial charge >= 0.3 is 0 Å². The van der Waals surface area contributed by atoms with Crippen molar-refractivity contribution in [2.45, 2.75) is 19.9 Å². The molecule has 0 unspecified atom stereocenters. The molecular formula is C26H28BrN3OS. The van der Waals surface area contributed by atoms with Crippen molar-refractivity contribution in [3.8, 4) is 11.1 Å². The summed E-state index contributed by atoms with van der Waals surface area (Å²) in [6.07, 6.45) is 0.970. The van der Waals surface area contributed by atoms with E-state index in [-0.39, 0.29) is 10.9 Å². The second kappa shape index (κ2) is 11.9. The summed E-state index contributed by atoms with van der Waals surface area (Å²) in [6.45, 7) is 5.01. The number of nitrogens with two attached hydrogens (primary N) is 1. The Balaban J connectivity index is 1.64. The van der Waals surface area contributed by atoms with Crippen molar-refractivity contribution in [3.63, 3.8) is 0 Å². The number of Topliss-reactive ketones (excluding diaryl/α,β-unsaturated/α-hetero) is 1. The van der Waals surface area contributed by atoms with E-state index in [4.69, 9.17) is 18.0 Å². The van der Waals surface area contributed by atoms with Gasteiger partial charge in [0.05, 0.1) is 5.33 Å². The number of carbonyl (C=O) groups is 1. The van der Waals surface area contributed by atoms with Gasteiger partial charge in [0.25, 0.3) is 0 Å². The van der Waals surface area contributed by atoms with Crippen LogP contribution in [-0.2, 0) is 13.0 Å². The molecule has 0 saturated heterocycles. The van der Waals surface area contributed by atoms with Gasteiger partial charge in [0.1, 0.15) is 0 Å². The van der Waals surface area contributed by atoms with Crippen LogP contribution in [0.2, 0.25) is 0 Å². The molecule has 0 amide bonds. The molecule has 6 heteroatoms. The van der Waals surface area contributed by atoms with Gasteiger partial charge in [0.15, 0.2) is 10.9 Å². The van der Waals surface area contributed by atoms with Gasteiger partial charge in [-0.05, 0) is 71.7 Å². The number of hydrogen-bond acceptors (Lipinski definition) is 3. The zero-order chi connectivity index (χ0) is 22.9. The van der Waals surface area contributed by atoms with E-state index in [0.29, 0.717) is 5.33 Å². The van der Waals surface area contributed by atoms with E-state index in [2.05, 4.69) is 75.5 Å². The number of likely N-dealkylation sites (N-methyl/N-ethyl adjacent to an activating group) is 1. The third-order valence-electron chi connectivity index (χ3n) is 5.36. The Kier molecular flexibility index (Phi) is 8.97. The molecular weight excluding hydrogens is 482 g/mol. The first-order chi connectivity index (χ1) is 15.5. The van der Waals surface area contributed by atoms with Crippen LogP contribution in [0.5, 0.6) is 0 Å². The topological polar surface area (TPSA) is 58.4 Å². The lowest BCUT2D eigenvalue weighted by Crippen LogP contribution is -2.25. The maximum Gasteiger partial charge on any atom is 0.173 e. The van der Waals surface area contributed by atoms with Crippen LogP contribution in [-0.4, -0.2) is 34.2 Å². The first-order valence-electron chi connectivity index (χ1n) is 10.6. The first kappa shape index (κ1) is 24.1. The maximum absolute atomic E-state index is 12.0. The molecule has 3 N–H and O–H groups in total. The SMILES string of the molecule is CCN(CCc1ccc(NC(N)=S)cc1)Cc1cccc(-c2cccc(C(=O)CBr)c2)c1. The highest BCUT2D eigenvalue weighted by Gasteiger charge is 2.08. The highest BCUT2D eigenvalue weighted by molar-refractivity contribution is 9.09. The molecule has 3 aromatic carbocycles. The Morgan fingerprint density at radius 3 is 2.34 bits per heavy atom. The van der Waals surface area contributed by atoms with Gasteiger partial charge in [-0.2, -0.15) is 0 Å². The lowest BCUT2D eigenvalue weighted by atomic mass is 10.00. The van der Waals surface area contributed by atoms with Gasteiger partial charge in [-0.15, -0.1) is 0 Å². The monoisotopic (exact) mass is 509 g/mol. The molecule has 0 aliphatic rings. The van der Waals surface area contributed by atoms with Crippen molar-refractivity contribution < 1.29 is 4.79 Å². The quantitative estimate of drug-likeness (QED) is 0.210. The predicted molar refractivity (Wildman–Crippen MR) is 142 cm³/mol. The van der Waals surface area contributed by atoms with Gasteiger partial charge in [-0.25, -0.2) is 0 Å². The molecule has 4 nitrogen and oxygen atoms in total. The number of nitrogens with one attached hydrogen (secondary N) is 1. The fraction of sp³-hybridized carbons (Fsp3) is 0.231. The zero-order valence-electron chi connectivity index (χ0n) is 18.2. The number of hydrogen-bond donors (Lipinski definition) is 2. The standard InChI is InChI=1S/C26H28BrN3OS/c1-2-30(14-13-19-9-11-24(12-10-19)29-26(28)32)18-20-5-3-6-21(15-20)22-7-4-8-23(16-22)25(31)17-27/h3-12,15-16H,2,13-14,17-18H2,1H3,(H3,28,29,32). The van der Waals surface area contributed by atoms with E-state index >= 15 is 0 Å². The van der Waals surface area contributed by atoms with E-state index in [0.717, 1.165) is 48.4 Å². The van der Waals surface area contributed by atoms with Gasteiger partial charge in [0.2, 0.25) is 0 Å². The highest BCUT2D eigenvalue weighted by atomic mass is 79.9. The summed E-state index contributed by atoms with van der Waals surface area (Å²) in [5.74, 6) is 0.0923. The lowest BCUT2D eigenvalue weighted by molar-refractivity contribution is 0.102. The highest BCUT2D eigenvalue weighted by Crippen LogP contribution is 2.23. The first-order valence-corrected chi connectivity index (χ1v) is 12.2. The number of rotatable bonds is 10. The van der Waals surface area contributed by atoms with Gasteiger partial charge in [-0.1, -0.05) is 71.4 Å². The Hall–Kier alpha value is -2.54. The number of thiocarbonyl (C=S) groups is 1. The largest absolute Gasteiger partial charge is 0.376 e. The molecule has 0 aromatic heterocycles. The molecule has 0 aliphatic carbocycles. The molecule has 0 spiro atoms. The van der Waals surface area contributed by atoms with E-state index in [9.17, 15) is 4.79 Å². The second-order valence-corrected chi connectivity index (χ2v) is 8.64. The van der Waals surface area contributed by atoms with Gasteiger partial charge in [0, 0.05) is 24.3 Å². The summed E-state index contributed by atoms with van der Waals surface area (Å²) in [6, 6.07) is 24.6. The average molecular weight is 511 g/mol. The van der Waals surface area contributed by atoms with Crippen LogP contribution in [0.1, 0.15) is 28.4 Å². The Morgan fingerprint density at radius 2 is 1.69 bits per heavy atom. The number of ketones is 1. The Bertz CT molecular complexity index is 1070. The van der Waals surface area contributed by atoms with E-state index in [1.165, 1.54) is 11.1 Å². The van der Waals surface area contributed by atoms with Crippen LogP contribution < -0.4 is 11.1 Å². The van der Waals surface area contributed by atoms with Gasteiger partial charge in [-0.3, -0.25) is 9.69 Å². The fourth-order valence-electron chi connectivity index (χ4n) is 3.59. The predicted octanol–water partition coefficient (Wildman–Crippen LogP) is 5.65. The van der Waals surface area contributed by atoms with Crippen LogP contribution in [0.15, 0.2) is 72.8 Å². The molecule has 166 valence electrons. The van der Waals surface area contributed by atoms with Crippen LogP contribution in [0.4, 0.5) is 5.69 Å².